The van der Waals surface area contributed by atoms with Crippen molar-refractivity contribution in [3.8, 4) is 11.8 Å². The van der Waals surface area contributed by atoms with E-state index in [-0.39, 0.29) is 24.5 Å². The van der Waals surface area contributed by atoms with Crippen LogP contribution in [0.1, 0.15) is 16.9 Å². The van der Waals surface area contributed by atoms with E-state index in [1.165, 1.54) is 18.4 Å². The number of hydrogen-bond acceptors (Lipinski definition) is 4. The van der Waals surface area contributed by atoms with Gasteiger partial charge in [-0.05, 0) is 42.0 Å². The number of ether oxygens (including phenoxy) is 1. The molecule has 6 heteroatoms. The molecule has 0 aliphatic heterocycles. The van der Waals surface area contributed by atoms with Gasteiger partial charge >= 0.3 is 0 Å². The fraction of sp³-hybridized carbons (Fsp3) is 0.0909. The summed E-state index contributed by atoms with van der Waals surface area (Å²) in [6.07, 6.45) is 3.00. The van der Waals surface area contributed by atoms with Gasteiger partial charge in [-0.2, -0.15) is 5.26 Å². The summed E-state index contributed by atoms with van der Waals surface area (Å²) in [4.78, 5) is 12.1. The van der Waals surface area contributed by atoms with Crippen LogP contribution in [-0.2, 0) is 17.9 Å². The van der Waals surface area contributed by atoms with Gasteiger partial charge in [0.2, 0.25) is 0 Å². The summed E-state index contributed by atoms with van der Waals surface area (Å²) in [6.45, 7) is 0.314. The van der Waals surface area contributed by atoms with Gasteiger partial charge in [0.1, 0.15) is 35.6 Å². The molecule has 0 unspecified atom stereocenters. The van der Waals surface area contributed by atoms with Crippen molar-refractivity contribution < 1.29 is 18.3 Å². The number of benzene rings is 2. The van der Waals surface area contributed by atoms with Crippen molar-refractivity contribution in [2.45, 2.75) is 13.2 Å². The smallest absolute Gasteiger partial charge is 0.262 e. The zero-order valence-corrected chi connectivity index (χ0v) is 14.9. The van der Waals surface area contributed by atoms with Crippen LogP contribution in [-0.4, -0.2) is 5.91 Å². The molecule has 28 heavy (non-hydrogen) atoms. The highest BCUT2D eigenvalue weighted by molar-refractivity contribution is 6.01. The molecule has 0 spiro atoms. The Morgan fingerprint density at radius 1 is 1.14 bits per heavy atom. The van der Waals surface area contributed by atoms with E-state index >= 15 is 0 Å². The van der Waals surface area contributed by atoms with Crippen LogP contribution in [0, 0.1) is 17.1 Å². The number of carbonyl (C=O) groups excluding carboxylic acids is 1. The molecular weight excluding hydrogens is 359 g/mol. The Morgan fingerprint density at radius 3 is 2.61 bits per heavy atom. The molecule has 0 saturated heterocycles. The van der Waals surface area contributed by atoms with E-state index in [0.717, 1.165) is 0 Å². The highest BCUT2D eigenvalue weighted by Gasteiger charge is 2.09. The van der Waals surface area contributed by atoms with Crippen molar-refractivity contribution in [3.63, 3.8) is 0 Å². The van der Waals surface area contributed by atoms with Crippen LogP contribution in [0.25, 0.3) is 6.08 Å². The van der Waals surface area contributed by atoms with E-state index in [1.807, 2.05) is 6.07 Å². The summed E-state index contributed by atoms with van der Waals surface area (Å²) in [6, 6.07) is 18.6. The van der Waals surface area contributed by atoms with Crippen molar-refractivity contribution in [1.82, 2.24) is 5.32 Å². The molecule has 3 aromatic rings. The Balaban J connectivity index is 1.60. The van der Waals surface area contributed by atoms with Crippen molar-refractivity contribution in [1.29, 1.82) is 5.26 Å². The minimum Gasteiger partial charge on any atom is -0.489 e. The largest absolute Gasteiger partial charge is 0.489 e. The van der Waals surface area contributed by atoms with Gasteiger partial charge in [-0.15, -0.1) is 0 Å². The van der Waals surface area contributed by atoms with Crippen LogP contribution < -0.4 is 10.1 Å². The summed E-state index contributed by atoms with van der Waals surface area (Å²) < 4.78 is 24.3. The third kappa shape index (κ3) is 5.08. The van der Waals surface area contributed by atoms with Gasteiger partial charge in [0.25, 0.3) is 5.91 Å². The maximum absolute atomic E-state index is 13.6. The molecule has 0 bridgehead atoms. The Labute approximate surface area is 161 Å². The second-order valence-electron chi connectivity index (χ2n) is 5.88. The molecule has 1 N–H and O–H groups in total. The lowest BCUT2D eigenvalue weighted by atomic mass is 10.1. The van der Waals surface area contributed by atoms with Crippen molar-refractivity contribution >= 4 is 12.0 Å². The van der Waals surface area contributed by atoms with Crippen LogP contribution in [0.2, 0.25) is 0 Å². The van der Waals surface area contributed by atoms with Crippen molar-refractivity contribution in [2.24, 2.45) is 0 Å². The summed E-state index contributed by atoms with van der Waals surface area (Å²) in [7, 11) is 0. The van der Waals surface area contributed by atoms with E-state index in [0.29, 0.717) is 22.6 Å². The number of nitrogens with zero attached hydrogens (tertiary/aromatic N) is 1. The van der Waals surface area contributed by atoms with Crippen LogP contribution in [0.3, 0.4) is 0 Å². The van der Waals surface area contributed by atoms with Crippen LogP contribution in [0.5, 0.6) is 5.75 Å². The number of hydrogen-bond donors (Lipinski definition) is 1. The predicted octanol–water partition coefficient (Wildman–Crippen LogP) is 4.22. The average Bonchev–Trinajstić information content (AvgIpc) is 3.24. The molecular formula is C22H17FN2O3. The maximum Gasteiger partial charge on any atom is 0.262 e. The summed E-state index contributed by atoms with van der Waals surface area (Å²) in [5.41, 5.74) is 1.11. The molecule has 1 heterocycles. The quantitative estimate of drug-likeness (QED) is 0.495. The minimum atomic E-state index is -0.487. The Morgan fingerprint density at radius 2 is 1.93 bits per heavy atom. The zero-order chi connectivity index (χ0) is 19.8. The van der Waals surface area contributed by atoms with Crippen LogP contribution in [0.15, 0.2) is 76.9 Å². The molecule has 3 rings (SSSR count). The number of furan rings is 1. The fourth-order valence-corrected chi connectivity index (χ4v) is 2.43. The van der Waals surface area contributed by atoms with E-state index < -0.39 is 5.91 Å². The lowest BCUT2D eigenvalue weighted by Gasteiger charge is -2.07. The Bertz CT molecular complexity index is 1000. The number of rotatable bonds is 7. The zero-order valence-electron chi connectivity index (χ0n) is 14.9. The molecule has 140 valence electrons. The summed E-state index contributed by atoms with van der Waals surface area (Å²) in [5, 5.41) is 11.9. The molecule has 0 saturated carbocycles. The minimum absolute atomic E-state index is 0.0217. The number of amides is 1. The van der Waals surface area contributed by atoms with Gasteiger partial charge in [-0.1, -0.05) is 30.3 Å². The van der Waals surface area contributed by atoms with Crippen LogP contribution >= 0.6 is 0 Å². The van der Waals surface area contributed by atoms with E-state index in [4.69, 9.17) is 9.15 Å². The molecule has 1 aromatic heterocycles. The molecule has 1 amide bonds. The van der Waals surface area contributed by atoms with Gasteiger partial charge in [-0.3, -0.25) is 4.79 Å². The Kier molecular flexibility index (Phi) is 6.21. The van der Waals surface area contributed by atoms with Gasteiger partial charge in [0, 0.05) is 5.56 Å². The molecule has 0 fully saturated rings. The molecule has 0 aliphatic rings. The molecule has 0 atom stereocenters. The normalized spacial score (nSPS) is 10.9. The van der Waals surface area contributed by atoms with Crippen molar-refractivity contribution in [3.05, 3.63) is 95.2 Å². The number of nitrogens with one attached hydrogen (secondary N) is 1. The lowest BCUT2D eigenvalue weighted by Crippen LogP contribution is -2.23. The van der Waals surface area contributed by atoms with Crippen molar-refractivity contribution in [2.75, 3.05) is 0 Å². The Hall–Kier alpha value is -3.85. The van der Waals surface area contributed by atoms with E-state index in [9.17, 15) is 14.4 Å². The molecule has 0 aliphatic carbocycles. The van der Waals surface area contributed by atoms with Gasteiger partial charge in [0.15, 0.2) is 0 Å². The topological polar surface area (TPSA) is 75.3 Å². The van der Waals surface area contributed by atoms with Gasteiger partial charge in [-0.25, -0.2) is 4.39 Å². The standard InChI is InChI=1S/C22H17FN2O3/c23-21-6-2-1-4-17(21)15-28-19-9-7-16(8-10-19)12-18(13-24)22(26)25-14-20-5-3-11-27-20/h1-12H,14-15H2,(H,25,26)/b18-12+. The average molecular weight is 376 g/mol. The third-order valence-corrected chi connectivity index (χ3v) is 3.91. The third-order valence-electron chi connectivity index (χ3n) is 3.91. The molecule has 0 radical (unpaired) electrons. The second kappa shape index (κ2) is 9.19. The summed E-state index contributed by atoms with van der Waals surface area (Å²) >= 11 is 0. The van der Waals surface area contributed by atoms with Gasteiger partial charge in [0.05, 0.1) is 12.8 Å². The first-order chi connectivity index (χ1) is 13.7. The van der Waals surface area contributed by atoms with E-state index in [2.05, 4.69) is 5.32 Å². The fourth-order valence-electron chi connectivity index (χ4n) is 2.43. The highest BCUT2D eigenvalue weighted by Crippen LogP contribution is 2.17. The first-order valence-corrected chi connectivity index (χ1v) is 8.54. The number of carbonyl (C=O) groups is 1. The highest BCUT2D eigenvalue weighted by atomic mass is 19.1. The second-order valence-corrected chi connectivity index (χ2v) is 5.88. The molecule has 2 aromatic carbocycles. The van der Waals surface area contributed by atoms with Crippen LogP contribution in [0.4, 0.5) is 4.39 Å². The van der Waals surface area contributed by atoms with E-state index in [1.54, 1.807) is 54.6 Å². The predicted molar refractivity (Wildman–Crippen MR) is 101 cm³/mol. The first-order valence-electron chi connectivity index (χ1n) is 8.54. The SMILES string of the molecule is N#C/C(=C\c1ccc(OCc2ccccc2F)cc1)C(=O)NCc1ccco1. The molecule has 5 nitrogen and oxygen atoms in total. The monoisotopic (exact) mass is 376 g/mol. The number of halogens is 1. The lowest BCUT2D eigenvalue weighted by molar-refractivity contribution is -0.117. The number of nitriles is 1. The maximum atomic E-state index is 13.6. The first kappa shape index (κ1) is 18.9. The summed E-state index contributed by atoms with van der Waals surface area (Å²) in [5.74, 6) is 0.350. The van der Waals surface area contributed by atoms with Gasteiger partial charge < -0.3 is 14.5 Å².